The number of aliphatic hydroxyl groups excluding tert-OH is 1. The van der Waals surface area contributed by atoms with Crippen molar-refractivity contribution < 1.29 is 19.4 Å². The van der Waals surface area contributed by atoms with Gasteiger partial charge in [0.05, 0.1) is 17.6 Å². The third-order valence-electron chi connectivity index (χ3n) is 4.34. The lowest BCUT2D eigenvalue weighted by molar-refractivity contribution is -0.117. The van der Waals surface area contributed by atoms with Crippen molar-refractivity contribution in [2.75, 3.05) is 12.0 Å². The Hall–Kier alpha value is -2.90. The zero-order valence-corrected chi connectivity index (χ0v) is 15.9. The van der Waals surface area contributed by atoms with Gasteiger partial charge in [-0.15, -0.1) is 22.7 Å². The number of hydrogen-bond acceptors (Lipinski definition) is 6. The van der Waals surface area contributed by atoms with Gasteiger partial charge in [0.1, 0.15) is 11.8 Å². The maximum atomic E-state index is 13.1. The van der Waals surface area contributed by atoms with E-state index in [1.807, 2.05) is 17.5 Å². The minimum absolute atomic E-state index is 0.104. The van der Waals surface area contributed by atoms with E-state index in [1.165, 1.54) is 27.6 Å². The van der Waals surface area contributed by atoms with Crippen molar-refractivity contribution >= 4 is 40.1 Å². The van der Waals surface area contributed by atoms with E-state index >= 15 is 0 Å². The molecule has 4 rings (SSSR count). The predicted molar refractivity (Wildman–Crippen MR) is 106 cm³/mol. The molecule has 1 atom stereocenters. The molecule has 0 radical (unpaired) electrons. The number of carbonyl (C=O) groups excluding carboxylic acids is 2. The topological polar surface area (TPSA) is 66.8 Å². The fraction of sp³-hybridized carbons (Fsp3) is 0.100. The molecule has 3 aromatic rings. The summed E-state index contributed by atoms with van der Waals surface area (Å²) in [5, 5.41) is 14.3. The maximum absolute atomic E-state index is 13.1. The smallest absolute Gasteiger partial charge is 0.294 e. The summed E-state index contributed by atoms with van der Waals surface area (Å²) in [4.78, 5) is 28.7. The van der Waals surface area contributed by atoms with E-state index < -0.39 is 17.7 Å². The van der Waals surface area contributed by atoms with Gasteiger partial charge in [-0.05, 0) is 35.0 Å². The second-order valence-corrected chi connectivity index (χ2v) is 7.79. The number of methoxy groups -OCH3 is 1. The van der Waals surface area contributed by atoms with Crippen molar-refractivity contribution in [3.05, 3.63) is 80.4 Å². The SMILES string of the molecule is COc1cccc(N2C(=O)C(O)=C(C(=O)c3cccs3)C2c2cccs2)c1. The van der Waals surface area contributed by atoms with Gasteiger partial charge in [0.2, 0.25) is 5.78 Å². The molecule has 0 aliphatic carbocycles. The van der Waals surface area contributed by atoms with Crippen LogP contribution in [0.1, 0.15) is 20.6 Å². The molecule has 0 saturated carbocycles. The van der Waals surface area contributed by atoms with Gasteiger partial charge in [0.25, 0.3) is 5.91 Å². The van der Waals surface area contributed by atoms with Crippen LogP contribution in [0.3, 0.4) is 0 Å². The molecule has 1 N–H and O–H groups in total. The molecular weight excluding hydrogens is 382 g/mol. The van der Waals surface area contributed by atoms with E-state index in [1.54, 1.807) is 48.9 Å². The van der Waals surface area contributed by atoms with Crippen LogP contribution < -0.4 is 9.64 Å². The summed E-state index contributed by atoms with van der Waals surface area (Å²) in [7, 11) is 1.54. The molecule has 136 valence electrons. The minimum atomic E-state index is -0.681. The van der Waals surface area contributed by atoms with E-state index in [2.05, 4.69) is 0 Å². The molecule has 1 unspecified atom stereocenters. The van der Waals surface area contributed by atoms with Crippen LogP contribution in [0.2, 0.25) is 0 Å². The van der Waals surface area contributed by atoms with Crippen LogP contribution in [0.4, 0.5) is 5.69 Å². The van der Waals surface area contributed by atoms with Gasteiger partial charge < -0.3 is 9.84 Å². The third-order valence-corrected chi connectivity index (χ3v) is 6.14. The van der Waals surface area contributed by atoms with Crippen LogP contribution in [-0.2, 0) is 4.79 Å². The second kappa shape index (κ2) is 7.02. The fourth-order valence-electron chi connectivity index (χ4n) is 3.12. The molecule has 0 bridgehead atoms. The monoisotopic (exact) mass is 397 g/mol. The lowest BCUT2D eigenvalue weighted by atomic mass is 10.0. The Balaban J connectivity index is 1.86. The highest BCUT2D eigenvalue weighted by atomic mass is 32.1. The van der Waals surface area contributed by atoms with Crippen molar-refractivity contribution in [3.8, 4) is 5.75 Å². The van der Waals surface area contributed by atoms with Crippen LogP contribution in [0.5, 0.6) is 5.75 Å². The Kier molecular flexibility index (Phi) is 4.55. The number of hydrogen-bond donors (Lipinski definition) is 1. The molecule has 27 heavy (non-hydrogen) atoms. The van der Waals surface area contributed by atoms with Crippen LogP contribution in [-0.4, -0.2) is 23.9 Å². The zero-order valence-electron chi connectivity index (χ0n) is 14.3. The number of anilines is 1. The highest BCUT2D eigenvalue weighted by Crippen LogP contribution is 2.44. The number of aliphatic hydroxyl groups is 1. The van der Waals surface area contributed by atoms with E-state index in [4.69, 9.17) is 4.74 Å². The number of ether oxygens (including phenoxy) is 1. The van der Waals surface area contributed by atoms with Crippen LogP contribution in [0.25, 0.3) is 0 Å². The van der Waals surface area contributed by atoms with Crippen molar-refractivity contribution in [3.63, 3.8) is 0 Å². The summed E-state index contributed by atoms with van der Waals surface area (Å²) in [5.41, 5.74) is 0.658. The van der Waals surface area contributed by atoms with Crippen molar-refractivity contribution in [2.24, 2.45) is 0 Å². The summed E-state index contributed by atoms with van der Waals surface area (Å²) in [6, 6.07) is 13.5. The Bertz CT molecular complexity index is 1020. The van der Waals surface area contributed by atoms with E-state index in [-0.39, 0.29) is 11.4 Å². The lowest BCUT2D eigenvalue weighted by Gasteiger charge is -2.26. The van der Waals surface area contributed by atoms with Gasteiger partial charge >= 0.3 is 0 Å². The summed E-state index contributed by atoms with van der Waals surface area (Å²) in [5.74, 6) is -0.849. The van der Waals surface area contributed by atoms with Crippen LogP contribution in [0, 0.1) is 0 Å². The number of ketones is 1. The van der Waals surface area contributed by atoms with Gasteiger partial charge in [-0.1, -0.05) is 18.2 Å². The number of Topliss-reactive ketones (excluding diaryl/α,β-unsaturated/α-hetero) is 1. The Labute approximate surface area is 163 Å². The first-order valence-corrected chi connectivity index (χ1v) is 9.90. The molecular formula is C20H15NO4S2. The molecule has 7 heteroatoms. The standard InChI is InChI=1S/C20H15NO4S2/c1-25-13-6-2-5-12(11-13)21-17(14-7-3-9-26-14)16(19(23)20(21)24)18(22)15-8-4-10-27-15/h2-11,17,23H,1H3. The molecule has 2 aromatic heterocycles. The highest BCUT2D eigenvalue weighted by Gasteiger charge is 2.45. The Morgan fingerprint density at radius 2 is 1.89 bits per heavy atom. The maximum Gasteiger partial charge on any atom is 0.294 e. The molecule has 1 aliphatic rings. The largest absolute Gasteiger partial charge is 0.503 e. The zero-order chi connectivity index (χ0) is 19.0. The quantitative estimate of drug-likeness (QED) is 0.639. The Morgan fingerprint density at radius 1 is 1.11 bits per heavy atom. The predicted octanol–water partition coefficient (Wildman–Crippen LogP) is 4.60. The molecule has 3 heterocycles. The van der Waals surface area contributed by atoms with Gasteiger partial charge in [0.15, 0.2) is 5.76 Å². The van der Waals surface area contributed by atoms with Gasteiger partial charge in [-0.2, -0.15) is 0 Å². The molecule has 1 amide bonds. The number of carbonyl (C=O) groups is 2. The third kappa shape index (κ3) is 2.94. The number of benzene rings is 1. The number of thiophene rings is 2. The summed E-state index contributed by atoms with van der Waals surface area (Å²) in [6.07, 6.45) is 0. The number of rotatable bonds is 5. The second-order valence-electron chi connectivity index (χ2n) is 5.86. The van der Waals surface area contributed by atoms with Gasteiger partial charge in [-0.3, -0.25) is 14.5 Å². The Morgan fingerprint density at radius 3 is 2.56 bits per heavy atom. The average molecular weight is 397 g/mol. The van der Waals surface area contributed by atoms with Crippen LogP contribution >= 0.6 is 22.7 Å². The first-order valence-electron chi connectivity index (χ1n) is 8.14. The van der Waals surface area contributed by atoms with Crippen LogP contribution in [0.15, 0.2) is 70.6 Å². The number of nitrogens with zero attached hydrogens (tertiary/aromatic N) is 1. The summed E-state index contributed by atoms with van der Waals surface area (Å²) >= 11 is 2.71. The highest BCUT2D eigenvalue weighted by molar-refractivity contribution is 7.12. The normalized spacial score (nSPS) is 16.9. The number of amides is 1. The van der Waals surface area contributed by atoms with E-state index in [0.717, 1.165) is 4.88 Å². The van der Waals surface area contributed by atoms with Crippen molar-refractivity contribution in [1.82, 2.24) is 0 Å². The molecule has 0 saturated heterocycles. The molecule has 1 aromatic carbocycles. The average Bonchev–Trinajstić information content (AvgIpc) is 3.43. The first-order chi connectivity index (χ1) is 13.1. The minimum Gasteiger partial charge on any atom is -0.503 e. The summed E-state index contributed by atoms with van der Waals surface area (Å²) < 4.78 is 5.26. The van der Waals surface area contributed by atoms with E-state index in [9.17, 15) is 14.7 Å². The molecule has 0 fully saturated rings. The van der Waals surface area contributed by atoms with E-state index in [0.29, 0.717) is 16.3 Å². The fourth-order valence-corrected chi connectivity index (χ4v) is 4.62. The molecule has 0 spiro atoms. The summed E-state index contributed by atoms with van der Waals surface area (Å²) in [6.45, 7) is 0. The van der Waals surface area contributed by atoms with Gasteiger partial charge in [0, 0.05) is 16.6 Å². The molecule has 5 nitrogen and oxygen atoms in total. The van der Waals surface area contributed by atoms with Crippen molar-refractivity contribution in [2.45, 2.75) is 6.04 Å². The van der Waals surface area contributed by atoms with Gasteiger partial charge in [-0.25, -0.2) is 0 Å². The first kappa shape index (κ1) is 17.5. The molecule has 1 aliphatic heterocycles. The van der Waals surface area contributed by atoms with Crippen molar-refractivity contribution in [1.29, 1.82) is 0 Å². The lowest BCUT2D eigenvalue weighted by Crippen LogP contribution is -2.30.